The number of thioether (sulfide) groups is 1. The summed E-state index contributed by atoms with van der Waals surface area (Å²) in [4.78, 5) is 26.4. The Labute approximate surface area is 156 Å². The largest absolute Gasteiger partial charge is 0.279 e. The van der Waals surface area contributed by atoms with E-state index in [4.69, 9.17) is 0 Å². The number of benzene rings is 1. The van der Waals surface area contributed by atoms with E-state index in [1.165, 1.54) is 33.8 Å². The van der Waals surface area contributed by atoms with Crippen LogP contribution in [0.2, 0.25) is 0 Å². The minimum absolute atomic E-state index is 0.251. The van der Waals surface area contributed by atoms with Crippen molar-refractivity contribution < 1.29 is 9.59 Å². The van der Waals surface area contributed by atoms with Gasteiger partial charge in [0, 0.05) is 16.2 Å². The highest BCUT2D eigenvalue weighted by molar-refractivity contribution is 7.97. The molecule has 2 N–H and O–H groups in total. The molecule has 2 amide bonds. The number of hydrogen-bond acceptors (Lipinski definition) is 4. The Morgan fingerprint density at radius 3 is 2.64 bits per heavy atom. The molecule has 0 saturated carbocycles. The number of amides is 2. The van der Waals surface area contributed by atoms with E-state index in [0.717, 1.165) is 18.6 Å². The Bertz CT molecular complexity index is 768. The van der Waals surface area contributed by atoms with Gasteiger partial charge in [-0.1, -0.05) is 19.1 Å². The highest BCUT2D eigenvalue weighted by Crippen LogP contribution is 2.32. The van der Waals surface area contributed by atoms with E-state index in [-0.39, 0.29) is 11.8 Å². The van der Waals surface area contributed by atoms with Gasteiger partial charge in [-0.3, -0.25) is 20.4 Å². The van der Waals surface area contributed by atoms with Gasteiger partial charge >= 0.3 is 0 Å². The predicted molar refractivity (Wildman–Crippen MR) is 104 cm³/mol. The number of aryl methyl sites for hydroxylation is 1. The third-order valence-electron chi connectivity index (χ3n) is 4.37. The molecule has 1 atom stereocenters. The van der Waals surface area contributed by atoms with Crippen LogP contribution < -0.4 is 10.9 Å². The first-order valence-electron chi connectivity index (χ1n) is 8.37. The summed E-state index contributed by atoms with van der Waals surface area (Å²) in [6.07, 6.45) is 5.30. The normalized spacial score (nSPS) is 16.2. The first-order chi connectivity index (χ1) is 12.1. The summed E-state index contributed by atoms with van der Waals surface area (Å²) in [5.41, 5.74) is 8.01. The summed E-state index contributed by atoms with van der Waals surface area (Å²) in [5, 5.41) is 0. The Morgan fingerprint density at radius 2 is 1.92 bits per heavy atom. The average molecular weight is 375 g/mol. The molecule has 1 aromatic carbocycles. The van der Waals surface area contributed by atoms with Crippen molar-refractivity contribution in [2.75, 3.05) is 6.26 Å². The molecule has 0 saturated heterocycles. The molecular formula is C19H22N2O2S2. The lowest BCUT2D eigenvalue weighted by molar-refractivity contribution is 0.0849. The maximum Gasteiger partial charge on any atom is 0.279 e. The van der Waals surface area contributed by atoms with Crippen LogP contribution in [0, 0.1) is 5.92 Å². The van der Waals surface area contributed by atoms with E-state index >= 15 is 0 Å². The Balaban J connectivity index is 1.57. The quantitative estimate of drug-likeness (QED) is 0.800. The fourth-order valence-corrected chi connectivity index (χ4v) is 4.61. The lowest BCUT2D eigenvalue weighted by Crippen LogP contribution is -2.41. The fourth-order valence-electron chi connectivity index (χ4n) is 2.98. The summed E-state index contributed by atoms with van der Waals surface area (Å²) >= 11 is 3.27. The van der Waals surface area contributed by atoms with E-state index in [0.29, 0.717) is 16.4 Å². The lowest BCUT2D eigenvalue weighted by Gasteiger charge is -2.16. The van der Waals surface area contributed by atoms with Crippen LogP contribution in [0.15, 0.2) is 30.3 Å². The van der Waals surface area contributed by atoms with Crippen molar-refractivity contribution in [2.45, 2.75) is 31.9 Å². The molecule has 0 aliphatic heterocycles. The van der Waals surface area contributed by atoms with Crippen LogP contribution in [0.1, 0.15) is 49.4 Å². The van der Waals surface area contributed by atoms with E-state index in [1.807, 2.05) is 24.5 Å². The Kier molecular flexibility index (Phi) is 5.81. The molecule has 0 spiro atoms. The maximum atomic E-state index is 12.3. The first-order valence-corrected chi connectivity index (χ1v) is 10.6. The van der Waals surface area contributed by atoms with Crippen molar-refractivity contribution in [1.29, 1.82) is 0 Å². The average Bonchev–Trinajstić information content (AvgIpc) is 3.03. The van der Waals surface area contributed by atoms with E-state index in [2.05, 4.69) is 17.8 Å². The molecule has 132 valence electrons. The van der Waals surface area contributed by atoms with Gasteiger partial charge in [-0.15, -0.1) is 11.3 Å². The van der Waals surface area contributed by atoms with Gasteiger partial charge in [0.15, 0.2) is 0 Å². The molecule has 4 nitrogen and oxygen atoms in total. The van der Waals surface area contributed by atoms with Crippen molar-refractivity contribution in [3.63, 3.8) is 0 Å². The molecule has 25 heavy (non-hydrogen) atoms. The lowest BCUT2D eigenvalue weighted by atomic mass is 9.90. The number of carbonyl (C=O) groups excluding carboxylic acids is 2. The molecule has 0 fully saturated rings. The van der Waals surface area contributed by atoms with Crippen molar-refractivity contribution in [1.82, 2.24) is 10.9 Å². The smallest absolute Gasteiger partial charge is 0.267 e. The van der Waals surface area contributed by atoms with Gasteiger partial charge < -0.3 is 0 Å². The third kappa shape index (κ3) is 4.44. The molecule has 1 aromatic heterocycles. The Hall–Kier alpha value is -1.79. The Morgan fingerprint density at radius 1 is 1.20 bits per heavy atom. The van der Waals surface area contributed by atoms with Crippen molar-refractivity contribution in [2.24, 2.45) is 5.92 Å². The zero-order valence-electron chi connectivity index (χ0n) is 14.4. The zero-order chi connectivity index (χ0) is 17.8. The summed E-state index contributed by atoms with van der Waals surface area (Å²) in [6.45, 7) is 2.24. The molecule has 0 bridgehead atoms. The molecule has 2 aromatic rings. The second-order valence-corrected chi connectivity index (χ2v) is 8.45. The molecule has 1 aliphatic carbocycles. The highest BCUT2D eigenvalue weighted by atomic mass is 32.2. The van der Waals surface area contributed by atoms with Gasteiger partial charge in [-0.05, 0) is 60.8 Å². The third-order valence-corrected chi connectivity index (χ3v) is 6.23. The molecule has 0 unspecified atom stereocenters. The second-order valence-electron chi connectivity index (χ2n) is 6.45. The van der Waals surface area contributed by atoms with E-state index in [1.54, 1.807) is 23.9 Å². The number of hydrogen-bond donors (Lipinski definition) is 2. The molecule has 3 rings (SSSR count). The van der Waals surface area contributed by atoms with Gasteiger partial charge in [0.25, 0.3) is 11.8 Å². The summed E-state index contributed by atoms with van der Waals surface area (Å²) in [7, 11) is 0. The number of nitrogens with one attached hydrogen (secondary N) is 2. The minimum atomic E-state index is -0.306. The van der Waals surface area contributed by atoms with Gasteiger partial charge in [0.2, 0.25) is 0 Å². The zero-order valence-corrected chi connectivity index (χ0v) is 16.1. The maximum absolute atomic E-state index is 12.3. The van der Waals surface area contributed by atoms with Crippen LogP contribution in [-0.4, -0.2) is 18.1 Å². The van der Waals surface area contributed by atoms with Crippen LogP contribution in [0.4, 0.5) is 0 Å². The highest BCUT2D eigenvalue weighted by Gasteiger charge is 2.20. The predicted octanol–water partition coefficient (Wildman–Crippen LogP) is 3.81. The number of fused-ring (bicyclic) bond motifs is 1. The molecule has 1 heterocycles. The molecule has 1 aliphatic rings. The topological polar surface area (TPSA) is 58.2 Å². The summed E-state index contributed by atoms with van der Waals surface area (Å²) < 4.78 is 0. The van der Waals surface area contributed by atoms with Gasteiger partial charge in [-0.25, -0.2) is 0 Å². The standard InChI is InChI=1S/C19H22N2O2S2/c1-12-3-8-16-15(9-12)10-17(25-16)19(23)21-20-18(22)14-6-4-13(5-7-14)11-24-2/h4-7,10,12H,3,8-9,11H2,1-2H3,(H,20,22)(H,21,23)/t12-/m1/s1. The number of thiophene rings is 1. The summed E-state index contributed by atoms with van der Waals surface area (Å²) in [5.74, 6) is 1.03. The fraction of sp³-hybridized carbons (Fsp3) is 0.368. The monoisotopic (exact) mass is 374 g/mol. The summed E-state index contributed by atoms with van der Waals surface area (Å²) in [6, 6.07) is 9.38. The van der Waals surface area contributed by atoms with Gasteiger partial charge in [0.05, 0.1) is 4.88 Å². The van der Waals surface area contributed by atoms with E-state index < -0.39 is 0 Å². The van der Waals surface area contributed by atoms with Gasteiger partial charge in [0.1, 0.15) is 0 Å². The first kappa shape index (κ1) is 18.0. The van der Waals surface area contributed by atoms with E-state index in [9.17, 15) is 9.59 Å². The van der Waals surface area contributed by atoms with Crippen molar-refractivity contribution in [3.8, 4) is 0 Å². The van der Waals surface area contributed by atoms with Gasteiger partial charge in [-0.2, -0.15) is 11.8 Å². The number of rotatable bonds is 4. The van der Waals surface area contributed by atoms with Crippen LogP contribution in [-0.2, 0) is 18.6 Å². The number of carbonyl (C=O) groups is 2. The van der Waals surface area contributed by atoms with Crippen molar-refractivity contribution >= 4 is 34.9 Å². The SMILES string of the molecule is CSCc1ccc(C(=O)NNC(=O)c2cc3c(s2)CC[C@@H](C)C3)cc1. The minimum Gasteiger partial charge on any atom is -0.267 e. The second kappa shape index (κ2) is 8.06. The number of hydrazine groups is 1. The van der Waals surface area contributed by atoms with Crippen LogP contribution >= 0.6 is 23.1 Å². The van der Waals surface area contributed by atoms with Crippen molar-refractivity contribution in [3.05, 3.63) is 56.8 Å². The van der Waals surface area contributed by atoms with Crippen LogP contribution in [0.25, 0.3) is 0 Å². The van der Waals surface area contributed by atoms with Crippen LogP contribution in [0.3, 0.4) is 0 Å². The molecule has 0 radical (unpaired) electrons. The molecule has 6 heteroatoms. The molecular weight excluding hydrogens is 352 g/mol. The van der Waals surface area contributed by atoms with Crippen LogP contribution in [0.5, 0.6) is 0 Å².